The SMILES string of the molecule is CC1(C)CNCC1Nc1cccc(-c2cnc3ccc(C(F)F)cn23)n1. The molecule has 0 amide bonds. The molecule has 1 aliphatic heterocycles. The van der Waals surface area contributed by atoms with Crippen molar-refractivity contribution >= 4 is 11.5 Å². The molecule has 4 rings (SSSR count). The van der Waals surface area contributed by atoms with E-state index in [1.54, 1.807) is 16.7 Å². The lowest BCUT2D eigenvalue weighted by atomic mass is 9.88. The highest BCUT2D eigenvalue weighted by Gasteiger charge is 2.34. The molecular weight excluding hydrogens is 336 g/mol. The van der Waals surface area contributed by atoms with Crippen molar-refractivity contribution in [1.82, 2.24) is 19.7 Å². The van der Waals surface area contributed by atoms with Crippen molar-refractivity contribution in [1.29, 1.82) is 0 Å². The van der Waals surface area contributed by atoms with Gasteiger partial charge in [-0.3, -0.25) is 4.40 Å². The van der Waals surface area contributed by atoms with Gasteiger partial charge in [-0.1, -0.05) is 19.9 Å². The summed E-state index contributed by atoms with van der Waals surface area (Å²) in [6.45, 7) is 6.26. The van der Waals surface area contributed by atoms with Gasteiger partial charge in [-0.25, -0.2) is 18.7 Å². The molecule has 7 heteroatoms. The molecule has 4 heterocycles. The first-order valence-corrected chi connectivity index (χ1v) is 8.64. The summed E-state index contributed by atoms with van der Waals surface area (Å²) in [6, 6.07) is 8.97. The van der Waals surface area contributed by atoms with Crippen LogP contribution in [0.15, 0.2) is 42.7 Å². The first-order chi connectivity index (χ1) is 12.4. The molecule has 0 radical (unpaired) electrons. The van der Waals surface area contributed by atoms with Crippen molar-refractivity contribution in [2.24, 2.45) is 5.41 Å². The number of fused-ring (bicyclic) bond motifs is 1. The quantitative estimate of drug-likeness (QED) is 0.747. The van der Waals surface area contributed by atoms with Crippen LogP contribution in [0.5, 0.6) is 0 Å². The maximum atomic E-state index is 13.0. The van der Waals surface area contributed by atoms with Gasteiger partial charge >= 0.3 is 0 Å². The summed E-state index contributed by atoms with van der Waals surface area (Å²) >= 11 is 0. The average molecular weight is 357 g/mol. The molecule has 0 aromatic carbocycles. The Labute approximate surface area is 150 Å². The number of alkyl halides is 2. The van der Waals surface area contributed by atoms with Crippen LogP contribution in [-0.4, -0.2) is 33.5 Å². The third-order valence-corrected chi connectivity index (χ3v) is 4.99. The number of rotatable bonds is 4. The average Bonchev–Trinajstić information content (AvgIpc) is 3.18. The first-order valence-electron chi connectivity index (χ1n) is 8.64. The summed E-state index contributed by atoms with van der Waals surface area (Å²) in [5.41, 5.74) is 2.09. The summed E-state index contributed by atoms with van der Waals surface area (Å²) in [5, 5.41) is 6.88. The van der Waals surface area contributed by atoms with Crippen molar-refractivity contribution < 1.29 is 8.78 Å². The fourth-order valence-electron chi connectivity index (χ4n) is 3.34. The fourth-order valence-corrected chi connectivity index (χ4v) is 3.34. The topological polar surface area (TPSA) is 54.2 Å². The van der Waals surface area contributed by atoms with Gasteiger partial charge in [0.05, 0.1) is 17.6 Å². The van der Waals surface area contributed by atoms with Crippen LogP contribution in [0.2, 0.25) is 0 Å². The summed E-state index contributed by atoms with van der Waals surface area (Å²) in [5.74, 6) is 0.768. The zero-order valence-electron chi connectivity index (χ0n) is 14.7. The molecule has 1 unspecified atom stereocenters. The van der Waals surface area contributed by atoms with Gasteiger partial charge in [0.25, 0.3) is 6.43 Å². The van der Waals surface area contributed by atoms with Crippen molar-refractivity contribution in [3.63, 3.8) is 0 Å². The molecule has 2 N–H and O–H groups in total. The van der Waals surface area contributed by atoms with E-state index >= 15 is 0 Å². The second kappa shape index (κ2) is 6.32. The van der Waals surface area contributed by atoms with E-state index in [4.69, 9.17) is 0 Å². The number of nitrogens with one attached hydrogen (secondary N) is 2. The highest BCUT2D eigenvalue weighted by molar-refractivity contribution is 5.62. The molecule has 0 spiro atoms. The predicted octanol–water partition coefficient (Wildman–Crippen LogP) is 3.74. The third kappa shape index (κ3) is 3.03. The van der Waals surface area contributed by atoms with Crippen molar-refractivity contribution in [2.75, 3.05) is 18.4 Å². The van der Waals surface area contributed by atoms with E-state index in [9.17, 15) is 8.78 Å². The normalized spacial score (nSPS) is 19.3. The van der Waals surface area contributed by atoms with Gasteiger partial charge < -0.3 is 10.6 Å². The third-order valence-electron chi connectivity index (χ3n) is 4.99. The molecule has 0 aliphatic carbocycles. The van der Waals surface area contributed by atoms with Crippen LogP contribution in [0.3, 0.4) is 0 Å². The Morgan fingerprint density at radius 1 is 1.27 bits per heavy atom. The summed E-state index contributed by atoms with van der Waals surface area (Å²) in [4.78, 5) is 8.98. The molecule has 0 bridgehead atoms. The molecule has 3 aromatic heterocycles. The van der Waals surface area contributed by atoms with Crippen molar-refractivity contribution in [3.8, 4) is 11.4 Å². The Balaban J connectivity index is 1.68. The molecule has 0 saturated carbocycles. The van der Waals surface area contributed by atoms with Crippen LogP contribution >= 0.6 is 0 Å². The van der Waals surface area contributed by atoms with E-state index < -0.39 is 6.43 Å². The second-order valence-electron chi connectivity index (χ2n) is 7.36. The van der Waals surface area contributed by atoms with Gasteiger partial charge in [-0.05, 0) is 29.7 Å². The van der Waals surface area contributed by atoms with Crippen molar-refractivity contribution in [2.45, 2.75) is 26.3 Å². The number of nitrogens with zero attached hydrogens (tertiary/aromatic N) is 3. The number of aromatic nitrogens is 3. The summed E-state index contributed by atoms with van der Waals surface area (Å²) in [6.07, 6.45) is 0.569. The standard InChI is InChI=1S/C19H21F2N5/c1-19(2)11-22-9-15(19)25-16-5-3-4-13(24-16)14-8-23-17-7-6-12(18(20)21)10-26(14)17/h3-8,10,15,18,22H,9,11H2,1-2H3,(H,24,25). The van der Waals surface area contributed by atoms with E-state index in [1.807, 2.05) is 18.2 Å². The van der Waals surface area contributed by atoms with Gasteiger partial charge in [0.15, 0.2) is 0 Å². The maximum absolute atomic E-state index is 13.0. The minimum Gasteiger partial charge on any atom is -0.365 e. The number of imidazole rings is 1. The zero-order chi connectivity index (χ0) is 18.3. The van der Waals surface area contributed by atoms with E-state index in [2.05, 4.69) is 34.4 Å². The minimum atomic E-state index is -2.52. The van der Waals surface area contributed by atoms with Gasteiger partial charge in [-0.2, -0.15) is 0 Å². The van der Waals surface area contributed by atoms with Crippen LogP contribution in [0.1, 0.15) is 25.8 Å². The van der Waals surface area contributed by atoms with Crippen LogP contribution in [0.25, 0.3) is 17.0 Å². The number of hydrogen-bond donors (Lipinski definition) is 2. The molecule has 1 aliphatic rings. The Hall–Kier alpha value is -2.54. The number of pyridine rings is 2. The van der Waals surface area contributed by atoms with Gasteiger partial charge in [0, 0.05) is 30.9 Å². The zero-order valence-corrected chi connectivity index (χ0v) is 14.7. The van der Waals surface area contributed by atoms with Crippen LogP contribution in [-0.2, 0) is 0 Å². The molecule has 5 nitrogen and oxygen atoms in total. The van der Waals surface area contributed by atoms with Crippen molar-refractivity contribution in [3.05, 3.63) is 48.3 Å². The lowest BCUT2D eigenvalue weighted by Crippen LogP contribution is -2.34. The smallest absolute Gasteiger partial charge is 0.265 e. The van der Waals surface area contributed by atoms with Gasteiger partial charge in [0.1, 0.15) is 11.5 Å². The number of halogens is 2. The lowest BCUT2D eigenvalue weighted by molar-refractivity contribution is 0.151. The predicted molar refractivity (Wildman–Crippen MR) is 97.4 cm³/mol. The maximum Gasteiger partial charge on any atom is 0.265 e. The highest BCUT2D eigenvalue weighted by Crippen LogP contribution is 2.28. The molecule has 136 valence electrons. The molecular formula is C19H21F2N5. The number of hydrogen-bond acceptors (Lipinski definition) is 4. The first kappa shape index (κ1) is 16.9. The van der Waals surface area contributed by atoms with Gasteiger partial charge in [-0.15, -0.1) is 0 Å². The monoisotopic (exact) mass is 357 g/mol. The van der Waals surface area contributed by atoms with E-state index in [-0.39, 0.29) is 17.0 Å². The lowest BCUT2D eigenvalue weighted by Gasteiger charge is -2.27. The summed E-state index contributed by atoms with van der Waals surface area (Å²) < 4.78 is 27.7. The van der Waals surface area contributed by atoms with E-state index in [0.717, 1.165) is 18.9 Å². The Kier molecular flexibility index (Phi) is 4.11. The highest BCUT2D eigenvalue weighted by atomic mass is 19.3. The van der Waals surface area contributed by atoms with E-state index in [0.29, 0.717) is 17.0 Å². The van der Waals surface area contributed by atoms with E-state index in [1.165, 1.54) is 12.3 Å². The Morgan fingerprint density at radius 3 is 2.85 bits per heavy atom. The Bertz CT molecular complexity index is 935. The minimum absolute atomic E-state index is 0.0372. The Morgan fingerprint density at radius 2 is 2.12 bits per heavy atom. The molecule has 1 saturated heterocycles. The molecule has 1 atom stereocenters. The summed E-state index contributed by atoms with van der Waals surface area (Å²) in [7, 11) is 0. The fraction of sp³-hybridized carbons (Fsp3) is 0.368. The van der Waals surface area contributed by atoms with Crippen LogP contribution < -0.4 is 10.6 Å². The van der Waals surface area contributed by atoms with Crippen LogP contribution in [0.4, 0.5) is 14.6 Å². The van der Waals surface area contributed by atoms with Crippen LogP contribution in [0, 0.1) is 5.41 Å². The largest absolute Gasteiger partial charge is 0.365 e. The second-order valence-corrected chi connectivity index (χ2v) is 7.36. The molecule has 3 aromatic rings. The number of anilines is 1. The van der Waals surface area contributed by atoms with Gasteiger partial charge in [0.2, 0.25) is 0 Å². The molecule has 26 heavy (non-hydrogen) atoms. The molecule has 1 fully saturated rings.